The van der Waals surface area contributed by atoms with E-state index < -0.39 is 0 Å². The molecule has 7 heteroatoms. The van der Waals surface area contributed by atoms with Crippen molar-refractivity contribution in [2.24, 2.45) is 5.41 Å². The summed E-state index contributed by atoms with van der Waals surface area (Å²) in [5.41, 5.74) is 0.850. The SMILES string of the molecule is COC(=O)C12CC(NC[C@@H]3CN(C(=O)OCc4ccccc4)CCN3)(C1)C2. The van der Waals surface area contributed by atoms with Crippen LogP contribution in [0.4, 0.5) is 4.79 Å². The molecule has 5 rings (SSSR count). The van der Waals surface area contributed by atoms with Crippen LogP contribution >= 0.6 is 0 Å². The number of carbonyl (C=O) groups is 2. The molecule has 2 bridgehead atoms. The van der Waals surface area contributed by atoms with Crippen molar-refractivity contribution in [2.45, 2.75) is 37.5 Å². The number of methoxy groups -OCH3 is 1. The highest BCUT2D eigenvalue weighted by Gasteiger charge is 2.72. The van der Waals surface area contributed by atoms with E-state index in [0.717, 1.165) is 37.9 Å². The molecule has 0 unspecified atom stereocenters. The lowest BCUT2D eigenvalue weighted by Gasteiger charge is -2.69. The lowest BCUT2D eigenvalue weighted by molar-refractivity contribution is -0.202. The Hall–Kier alpha value is -2.12. The van der Waals surface area contributed by atoms with E-state index in [2.05, 4.69) is 10.6 Å². The second-order valence-electron chi connectivity index (χ2n) is 8.10. The fraction of sp³-hybridized carbons (Fsp3) is 0.600. The minimum absolute atomic E-state index is 0.0747. The number of benzene rings is 1. The minimum atomic E-state index is -0.263. The van der Waals surface area contributed by atoms with E-state index in [-0.39, 0.29) is 29.1 Å². The van der Waals surface area contributed by atoms with Crippen LogP contribution < -0.4 is 10.6 Å². The van der Waals surface area contributed by atoms with Gasteiger partial charge in [0.1, 0.15) is 6.61 Å². The standard InChI is InChI=1S/C20H27N3O4/c1-26-17(24)19-12-20(13-19,14-19)22-9-16-10-23(8-7-21-16)18(25)27-11-15-5-3-2-4-6-15/h2-6,16,21-22H,7-14H2,1H3/t16-,19?,20?/m1/s1. The molecule has 0 radical (unpaired) electrons. The first-order valence-electron chi connectivity index (χ1n) is 9.57. The molecule has 0 aromatic heterocycles. The first-order chi connectivity index (χ1) is 13.0. The van der Waals surface area contributed by atoms with Gasteiger partial charge in [0, 0.05) is 37.8 Å². The van der Waals surface area contributed by atoms with Crippen LogP contribution in [-0.2, 0) is 20.9 Å². The van der Waals surface area contributed by atoms with Gasteiger partial charge in [-0.25, -0.2) is 4.79 Å². The largest absolute Gasteiger partial charge is 0.469 e. The van der Waals surface area contributed by atoms with Gasteiger partial charge < -0.3 is 25.0 Å². The number of nitrogens with zero attached hydrogens (tertiary/aromatic N) is 1. The number of amides is 1. The maximum absolute atomic E-state index is 12.3. The highest BCUT2D eigenvalue weighted by Crippen LogP contribution is 2.67. The third-order valence-corrected chi connectivity index (χ3v) is 6.09. The van der Waals surface area contributed by atoms with Crippen LogP contribution in [0, 0.1) is 5.41 Å². The number of esters is 1. The predicted octanol–water partition coefficient (Wildman–Crippen LogP) is 1.28. The molecule has 146 valence electrons. The Balaban J connectivity index is 1.20. The quantitative estimate of drug-likeness (QED) is 0.732. The third-order valence-electron chi connectivity index (χ3n) is 6.09. The van der Waals surface area contributed by atoms with Gasteiger partial charge in [0.05, 0.1) is 12.5 Å². The molecule has 3 aliphatic carbocycles. The van der Waals surface area contributed by atoms with Crippen molar-refractivity contribution < 1.29 is 19.1 Å². The van der Waals surface area contributed by atoms with E-state index in [4.69, 9.17) is 9.47 Å². The molecule has 1 aromatic carbocycles. The molecule has 2 N–H and O–H groups in total. The molecule has 1 aliphatic heterocycles. The summed E-state index contributed by atoms with van der Waals surface area (Å²) in [4.78, 5) is 25.9. The van der Waals surface area contributed by atoms with Crippen LogP contribution in [0.25, 0.3) is 0 Å². The van der Waals surface area contributed by atoms with Gasteiger partial charge in [0.25, 0.3) is 0 Å². The molecule has 1 saturated heterocycles. The molecule has 7 nitrogen and oxygen atoms in total. The Labute approximate surface area is 159 Å². The van der Waals surface area contributed by atoms with E-state index in [1.165, 1.54) is 7.11 Å². The van der Waals surface area contributed by atoms with Gasteiger partial charge in [-0.1, -0.05) is 30.3 Å². The molecule has 4 fully saturated rings. The van der Waals surface area contributed by atoms with E-state index in [0.29, 0.717) is 19.7 Å². The van der Waals surface area contributed by atoms with Gasteiger partial charge in [-0.05, 0) is 24.8 Å². The number of hydrogen-bond donors (Lipinski definition) is 2. The summed E-state index contributed by atoms with van der Waals surface area (Å²) in [5.74, 6) is -0.0747. The zero-order chi connectivity index (χ0) is 18.9. The molecule has 1 atom stereocenters. The fourth-order valence-corrected chi connectivity index (χ4v) is 4.69. The zero-order valence-corrected chi connectivity index (χ0v) is 15.7. The molecular formula is C20H27N3O4. The summed E-state index contributed by atoms with van der Waals surface area (Å²) in [5, 5.41) is 7.06. The Morgan fingerprint density at radius 2 is 2.00 bits per heavy atom. The lowest BCUT2D eigenvalue weighted by atomic mass is 9.39. The average Bonchev–Trinajstić information content (AvgIpc) is 2.64. The average molecular weight is 373 g/mol. The van der Waals surface area contributed by atoms with Crippen molar-refractivity contribution in [3.05, 3.63) is 35.9 Å². The number of nitrogens with one attached hydrogen (secondary N) is 2. The zero-order valence-electron chi connectivity index (χ0n) is 15.7. The van der Waals surface area contributed by atoms with Gasteiger partial charge >= 0.3 is 12.1 Å². The molecular weight excluding hydrogens is 346 g/mol. The van der Waals surface area contributed by atoms with Gasteiger partial charge in [0.15, 0.2) is 0 Å². The lowest BCUT2D eigenvalue weighted by Crippen LogP contribution is -2.77. The Morgan fingerprint density at radius 3 is 2.70 bits per heavy atom. The summed E-state index contributed by atoms with van der Waals surface area (Å²) in [6.45, 7) is 3.11. The third kappa shape index (κ3) is 3.53. The second kappa shape index (κ2) is 7.13. The van der Waals surface area contributed by atoms with Crippen LogP contribution in [0.1, 0.15) is 24.8 Å². The Bertz CT molecular complexity index is 689. The summed E-state index contributed by atoms with van der Waals surface area (Å²) in [7, 11) is 1.46. The van der Waals surface area contributed by atoms with Crippen LogP contribution in [-0.4, -0.2) is 61.8 Å². The maximum Gasteiger partial charge on any atom is 0.410 e. The first kappa shape index (κ1) is 18.3. The second-order valence-corrected chi connectivity index (χ2v) is 8.10. The molecule has 1 aromatic rings. The van der Waals surface area contributed by atoms with Crippen LogP contribution in [0.15, 0.2) is 30.3 Å². The highest BCUT2D eigenvalue weighted by molar-refractivity contribution is 5.82. The van der Waals surface area contributed by atoms with Crippen molar-refractivity contribution in [1.29, 1.82) is 0 Å². The van der Waals surface area contributed by atoms with Gasteiger partial charge in [-0.2, -0.15) is 0 Å². The molecule has 1 amide bonds. The Kier molecular flexibility index (Phi) is 4.82. The monoisotopic (exact) mass is 373 g/mol. The number of ether oxygens (including phenoxy) is 2. The number of hydrogen-bond acceptors (Lipinski definition) is 6. The highest BCUT2D eigenvalue weighted by atomic mass is 16.6. The smallest absolute Gasteiger partial charge is 0.410 e. The molecule has 4 aliphatic rings. The summed E-state index contributed by atoms with van der Waals surface area (Å²) < 4.78 is 10.3. The predicted molar refractivity (Wildman–Crippen MR) is 99.0 cm³/mol. The Morgan fingerprint density at radius 1 is 1.26 bits per heavy atom. The van der Waals surface area contributed by atoms with E-state index in [1.54, 1.807) is 4.90 Å². The van der Waals surface area contributed by atoms with E-state index in [1.807, 2.05) is 30.3 Å². The number of carbonyl (C=O) groups excluding carboxylic acids is 2. The van der Waals surface area contributed by atoms with Gasteiger partial charge in [0.2, 0.25) is 0 Å². The van der Waals surface area contributed by atoms with Crippen molar-refractivity contribution >= 4 is 12.1 Å². The van der Waals surface area contributed by atoms with E-state index >= 15 is 0 Å². The molecule has 3 saturated carbocycles. The molecule has 1 heterocycles. The summed E-state index contributed by atoms with van der Waals surface area (Å²) in [6.07, 6.45) is 2.33. The van der Waals surface area contributed by atoms with Crippen molar-refractivity contribution in [3.63, 3.8) is 0 Å². The maximum atomic E-state index is 12.3. The molecule has 27 heavy (non-hydrogen) atoms. The normalized spacial score (nSPS) is 31.4. The van der Waals surface area contributed by atoms with Crippen LogP contribution in [0.2, 0.25) is 0 Å². The van der Waals surface area contributed by atoms with Crippen molar-refractivity contribution in [3.8, 4) is 0 Å². The van der Waals surface area contributed by atoms with Crippen LogP contribution in [0.5, 0.6) is 0 Å². The van der Waals surface area contributed by atoms with E-state index in [9.17, 15) is 9.59 Å². The topological polar surface area (TPSA) is 79.9 Å². The minimum Gasteiger partial charge on any atom is -0.469 e. The van der Waals surface area contributed by atoms with Gasteiger partial charge in [-0.3, -0.25) is 4.79 Å². The fourth-order valence-electron chi connectivity index (χ4n) is 4.69. The summed E-state index contributed by atoms with van der Waals surface area (Å²) in [6, 6.07) is 9.89. The number of rotatable bonds is 6. The molecule has 0 spiro atoms. The number of piperazine rings is 1. The van der Waals surface area contributed by atoms with Gasteiger partial charge in [-0.15, -0.1) is 0 Å². The summed E-state index contributed by atoms with van der Waals surface area (Å²) >= 11 is 0. The first-order valence-corrected chi connectivity index (χ1v) is 9.57. The van der Waals surface area contributed by atoms with Crippen molar-refractivity contribution in [2.75, 3.05) is 33.3 Å². The van der Waals surface area contributed by atoms with Crippen LogP contribution in [0.3, 0.4) is 0 Å². The van der Waals surface area contributed by atoms with Crippen molar-refractivity contribution in [1.82, 2.24) is 15.5 Å².